The maximum absolute atomic E-state index is 12.8. The van der Waals surface area contributed by atoms with Crippen LogP contribution in [0, 0.1) is 0 Å². The molecule has 1 aliphatic heterocycles. The van der Waals surface area contributed by atoms with Gasteiger partial charge >= 0.3 is 0 Å². The van der Waals surface area contributed by atoms with Crippen molar-refractivity contribution >= 4 is 33.6 Å². The maximum atomic E-state index is 12.8. The number of hydrogen-bond donors (Lipinski definition) is 2. The van der Waals surface area contributed by atoms with E-state index in [9.17, 15) is 9.59 Å². The molecule has 1 saturated heterocycles. The lowest BCUT2D eigenvalue weighted by Crippen LogP contribution is -2.44. The predicted molar refractivity (Wildman–Crippen MR) is 119 cm³/mol. The molecule has 3 heterocycles. The standard InChI is InChI=1S/C24H25N5O2/c30-23-11-10-22(28(23)16-18-14-26-20-8-3-2-7-19(18)20)24(31)25-12-5-13-29-21-9-4-1-6-17(21)15-27-29/h1-4,6-9,14-15,22,26H,5,10-13,16H2,(H,25,31). The van der Waals surface area contributed by atoms with Crippen LogP contribution >= 0.6 is 0 Å². The van der Waals surface area contributed by atoms with Crippen LogP contribution in [0.25, 0.3) is 21.8 Å². The highest BCUT2D eigenvalue weighted by Gasteiger charge is 2.36. The van der Waals surface area contributed by atoms with E-state index in [1.54, 1.807) is 4.90 Å². The van der Waals surface area contributed by atoms with Crippen LogP contribution in [0.1, 0.15) is 24.8 Å². The Morgan fingerprint density at radius 1 is 1.16 bits per heavy atom. The number of rotatable bonds is 7. The van der Waals surface area contributed by atoms with Gasteiger partial charge in [0.1, 0.15) is 6.04 Å². The fraction of sp³-hybridized carbons (Fsp3) is 0.292. The van der Waals surface area contributed by atoms with E-state index in [4.69, 9.17) is 0 Å². The van der Waals surface area contributed by atoms with Gasteiger partial charge in [-0.05, 0) is 30.5 Å². The Morgan fingerprint density at radius 3 is 2.94 bits per heavy atom. The van der Waals surface area contributed by atoms with E-state index in [0.29, 0.717) is 25.9 Å². The van der Waals surface area contributed by atoms with Gasteiger partial charge in [0.2, 0.25) is 11.8 Å². The number of aromatic nitrogens is 3. The second kappa shape index (κ2) is 8.26. The van der Waals surface area contributed by atoms with Gasteiger partial charge in [0, 0.05) is 48.5 Å². The molecule has 2 aromatic heterocycles. The lowest BCUT2D eigenvalue weighted by atomic mass is 10.1. The first kappa shape index (κ1) is 19.4. The van der Waals surface area contributed by atoms with Crippen molar-refractivity contribution in [2.75, 3.05) is 6.54 Å². The van der Waals surface area contributed by atoms with Gasteiger partial charge in [-0.15, -0.1) is 0 Å². The number of H-pyrrole nitrogens is 1. The van der Waals surface area contributed by atoms with Gasteiger partial charge in [-0.3, -0.25) is 14.3 Å². The SMILES string of the molecule is O=C(NCCCn1ncc2ccccc21)C1CCC(=O)N1Cc1c[nH]c2ccccc12. The molecule has 7 nitrogen and oxygen atoms in total. The van der Waals surface area contributed by atoms with Crippen molar-refractivity contribution in [3.63, 3.8) is 0 Å². The Morgan fingerprint density at radius 2 is 2.00 bits per heavy atom. The molecule has 0 radical (unpaired) electrons. The third-order valence-corrected chi connectivity index (χ3v) is 6.04. The maximum Gasteiger partial charge on any atom is 0.242 e. The first-order valence-electron chi connectivity index (χ1n) is 10.7. The molecule has 0 bridgehead atoms. The van der Waals surface area contributed by atoms with Crippen LogP contribution in [0.3, 0.4) is 0 Å². The minimum absolute atomic E-state index is 0.0356. The van der Waals surface area contributed by atoms with Gasteiger partial charge in [-0.2, -0.15) is 5.10 Å². The number of nitrogens with zero attached hydrogens (tertiary/aromatic N) is 3. The summed E-state index contributed by atoms with van der Waals surface area (Å²) in [6.45, 7) is 1.73. The van der Waals surface area contributed by atoms with E-state index >= 15 is 0 Å². The zero-order valence-corrected chi connectivity index (χ0v) is 17.3. The van der Waals surface area contributed by atoms with Crippen LogP contribution in [0.15, 0.2) is 60.9 Å². The second-order valence-corrected chi connectivity index (χ2v) is 8.01. The van der Waals surface area contributed by atoms with Crippen LogP contribution in [-0.4, -0.2) is 44.1 Å². The number of aryl methyl sites for hydroxylation is 1. The highest BCUT2D eigenvalue weighted by molar-refractivity contribution is 5.91. The molecular weight excluding hydrogens is 390 g/mol. The monoisotopic (exact) mass is 415 g/mol. The molecule has 0 saturated carbocycles. The summed E-state index contributed by atoms with van der Waals surface area (Å²) in [7, 11) is 0. The topological polar surface area (TPSA) is 83.0 Å². The summed E-state index contributed by atoms with van der Waals surface area (Å²) in [5.74, 6) is -0.0375. The van der Waals surface area contributed by atoms with Crippen molar-refractivity contribution in [1.29, 1.82) is 0 Å². The van der Waals surface area contributed by atoms with Crippen LogP contribution in [-0.2, 0) is 22.7 Å². The molecule has 158 valence electrons. The average Bonchev–Trinajstić information content (AvgIpc) is 3.50. The van der Waals surface area contributed by atoms with Crippen molar-refractivity contribution in [2.45, 2.75) is 38.4 Å². The molecule has 7 heteroatoms. The summed E-state index contributed by atoms with van der Waals surface area (Å²) < 4.78 is 1.96. The Kier molecular flexibility index (Phi) is 5.16. The molecule has 0 aliphatic carbocycles. The Labute approximate surface area is 180 Å². The average molecular weight is 415 g/mol. The van der Waals surface area contributed by atoms with Crippen LogP contribution in [0.5, 0.6) is 0 Å². The summed E-state index contributed by atoms with van der Waals surface area (Å²) in [4.78, 5) is 30.3. The van der Waals surface area contributed by atoms with E-state index in [1.165, 1.54) is 0 Å². The number of amides is 2. The zero-order valence-electron chi connectivity index (χ0n) is 17.3. The van der Waals surface area contributed by atoms with E-state index in [1.807, 2.05) is 65.6 Å². The quantitative estimate of drug-likeness (QED) is 0.455. The van der Waals surface area contributed by atoms with Gasteiger partial charge in [-0.1, -0.05) is 36.4 Å². The second-order valence-electron chi connectivity index (χ2n) is 8.01. The first-order chi connectivity index (χ1) is 15.2. The molecule has 1 atom stereocenters. The van der Waals surface area contributed by atoms with Crippen molar-refractivity contribution in [2.24, 2.45) is 0 Å². The van der Waals surface area contributed by atoms with Crippen LogP contribution < -0.4 is 5.32 Å². The number of nitrogens with one attached hydrogen (secondary N) is 2. The molecule has 1 fully saturated rings. The molecule has 0 spiro atoms. The van der Waals surface area contributed by atoms with Gasteiger partial charge in [0.05, 0.1) is 11.7 Å². The molecule has 1 aliphatic rings. The molecule has 31 heavy (non-hydrogen) atoms. The fourth-order valence-electron chi connectivity index (χ4n) is 4.41. The number of aromatic amines is 1. The summed E-state index contributed by atoms with van der Waals surface area (Å²) in [5, 5.41) is 9.65. The smallest absolute Gasteiger partial charge is 0.242 e. The van der Waals surface area contributed by atoms with E-state index in [-0.39, 0.29) is 11.8 Å². The van der Waals surface area contributed by atoms with E-state index < -0.39 is 6.04 Å². The third-order valence-electron chi connectivity index (χ3n) is 6.04. The molecular formula is C24H25N5O2. The lowest BCUT2D eigenvalue weighted by molar-refractivity contribution is -0.135. The molecule has 4 aromatic rings. The summed E-state index contributed by atoms with van der Waals surface area (Å²) in [5.41, 5.74) is 3.17. The number of likely N-dealkylation sites (tertiary alicyclic amines) is 1. The molecule has 5 rings (SSSR count). The largest absolute Gasteiger partial charge is 0.361 e. The predicted octanol–water partition coefficient (Wildman–Crippen LogP) is 3.22. The van der Waals surface area contributed by atoms with Crippen molar-refractivity contribution in [3.05, 3.63) is 66.5 Å². The number of hydrogen-bond acceptors (Lipinski definition) is 3. The highest BCUT2D eigenvalue weighted by atomic mass is 16.2. The normalized spacial score (nSPS) is 16.5. The van der Waals surface area contributed by atoms with Crippen molar-refractivity contribution in [1.82, 2.24) is 25.0 Å². The molecule has 2 N–H and O–H groups in total. The zero-order chi connectivity index (χ0) is 21.2. The van der Waals surface area contributed by atoms with Gasteiger partial charge in [0.15, 0.2) is 0 Å². The Hall–Kier alpha value is -3.61. The third kappa shape index (κ3) is 3.79. The summed E-state index contributed by atoms with van der Waals surface area (Å²) >= 11 is 0. The number of fused-ring (bicyclic) bond motifs is 2. The van der Waals surface area contributed by atoms with Crippen LogP contribution in [0.2, 0.25) is 0 Å². The highest BCUT2D eigenvalue weighted by Crippen LogP contribution is 2.25. The van der Waals surface area contributed by atoms with Crippen molar-refractivity contribution < 1.29 is 9.59 Å². The minimum Gasteiger partial charge on any atom is -0.361 e. The number of para-hydroxylation sites is 2. The molecule has 2 amide bonds. The molecule has 2 aromatic carbocycles. The molecule has 1 unspecified atom stereocenters. The van der Waals surface area contributed by atoms with Gasteiger partial charge < -0.3 is 15.2 Å². The Balaban J connectivity index is 1.19. The number of carbonyl (C=O) groups excluding carboxylic acids is 2. The van der Waals surface area contributed by atoms with Crippen LogP contribution in [0.4, 0.5) is 0 Å². The number of benzene rings is 2. The fourth-order valence-corrected chi connectivity index (χ4v) is 4.41. The Bertz CT molecular complexity index is 1240. The summed E-state index contributed by atoms with van der Waals surface area (Å²) in [6, 6.07) is 15.7. The number of carbonyl (C=O) groups is 2. The van der Waals surface area contributed by atoms with Crippen molar-refractivity contribution in [3.8, 4) is 0 Å². The van der Waals surface area contributed by atoms with Gasteiger partial charge in [-0.25, -0.2) is 0 Å². The van der Waals surface area contributed by atoms with E-state index in [2.05, 4.69) is 15.4 Å². The van der Waals surface area contributed by atoms with Gasteiger partial charge in [0.25, 0.3) is 0 Å². The summed E-state index contributed by atoms with van der Waals surface area (Å²) in [6.07, 6.45) is 5.55. The minimum atomic E-state index is -0.410. The first-order valence-corrected chi connectivity index (χ1v) is 10.7. The lowest BCUT2D eigenvalue weighted by Gasteiger charge is -2.24. The van der Waals surface area contributed by atoms with E-state index in [0.717, 1.165) is 40.3 Å².